The van der Waals surface area contributed by atoms with Gasteiger partial charge in [-0.15, -0.1) is 0 Å². The van der Waals surface area contributed by atoms with Crippen LogP contribution in [-0.2, 0) is 4.74 Å². The van der Waals surface area contributed by atoms with Gasteiger partial charge in [0.15, 0.2) is 11.4 Å². The molecule has 0 unspecified atom stereocenters. The van der Waals surface area contributed by atoms with E-state index in [-0.39, 0.29) is 5.60 Å². The number of hydrogen-bond donors (Lipinski definition) is 1. The van der Waals surface area contributed by atoms with Gasteiger partial charge in [-0.05, 0) is 27.0 Å². The number of nitriles is 1. The van der Waals surface area contributed by atoms with Crippen molar-refractivity contribution in [3.63, 3.8) is 0 Å². The Labute approximate surface area is 89.7 Å². The van der Waals surface area contributed by atoms with Crippen LogP contribution in [0.15, 0.2) is 4.99 Å². The van der Waals surface area contributed by atoms with Gasteiger partial charge in [0, 0.05) is 6.61 Å². The van der Waals surface area contributed by atoms with E-state index in [1.165, 1.54) is 11.8 Å². The van der Waals surface area contributed by atoms with Crippen molar-refractivity contribution in [3.05, 3.63) is 0 Å². The summed E-state index contributed by atoms with van der Waals surface area (Å²) in [7, 11) is 0. The molecule has 0 rings (SSSR count). The van der Waals surface area contributed by atoms with Crippen LogP contribution in [0.5, 0.6) is 0 Å². The third kappa shape index (κ3) is 5.84. The van der Waals surface area contributed by atoms with E-state index in [4.69, 9.17) is 10.00 Å². The number of hydrogen-bond acceptors (Lipinski definition) is 4. The average Bonchev–Trinajstić information content (AvgIpc) is 2.12. The molecule has 0 bridgehead atoms. The second kappa shape index (κ2) is 6.68. The summed E-state index contributed by atoms with van der Waals surface area (Å²) in [6, 6.07) is 0. The van der Waals surface area contributed by atoms with Crippen LogP contribution in [0.1, 0.15) is 20.8 Å². The minimum absolute atomic E-state index is 0.271. The molecular weight excluding hydrogens is 198 g/mol. The third-order valence-corrected chi connectivity index (χ3v) is 2.11. The van der Waals surface area contributed by atoms with E-state index in [0.717, 1.165) is 0 Å². The maximum absolute atomic E-state index is 8.41. The molecule has 0 saturated carbocycles. The smallest absolute Gasteiger partial charge is 0.183 e. The molecule has 4 nitrogen and oxygen atoms in total. The van der Waals surface area contributed by atoms with Crippen LogP contribution < -0.4 is 5.32 Å². The molecule has 1 N–H and O–H groups in total. The molecule has 0 aliphatic heterocycles. The SMILES string of the molecule is CCOC(C)(C)CN=C(NC#N)SC. The van der Waals surface area contributed by atoms with Crippen molar-refractivity contribution in [3.8, 4) is 6.19 Å². The summed E-state index contributed by atoms with van der Waals surface area (Å²) in [5.41, 5.74) is -0.271. The number of thioether (sulfide) groups is 1. The van der Waals surface area contributed by atoms with Gasteiger partial charge in [0.05, 0.1) is 12.1 Å². The summed E-state index contributed by atoms with van der Waals surface area (Å²) >= 11 is 1.41. The Morgan fingerprint density at radius 3 is 2.71 bits per heavy atom. The Morgan fingerprint density at radius 1 is 1.64 bits per heavy atom. The first-order valence-corrected chi connectivity index (χ1v) is 5.65. The predicted molar refractivity (Wildman–Crippen MR) is 60.3 cm³/mol. The Balaban J connectivity index is 4.17. The highest BCUT2D eigenvalue weighted by Crippen LogP contribution is 2.10. The van der Waals surface area contributed by atoms with Crippen molar-refractivity contribution in [2.45, 2.75) is 26.4 Å². The van der Waals surface area contributed by atoms with Gasteiger partial charge < -0.3 is 4.74 Å². The number of aliphatic imine (C=N–C) groups is 1. The predicted octanol–water partition coefficient (Wildman–Crippen LogP) is 1.59. The van der Waals surface area contributed by atoms with Gasteiger partial charge in [0.2, 0.25) is 0 Å². The van der Waals surface area contributed by atoms with Crippen LogP contribution in [-0.4, -0.2) is 30.2 Å². The molecule has 0 atom stereocenters. The van der Waals surface area contributed by atoms with Crippen molar-refractivity contribution in [2.24, 2.45) is 4.99 Å². The van der Waals surface area contributed by atoms with Gasteiger partial charge in [-0.2, -0.15) is 5.26 Å². The highest BCUT2D eigenvalue weighted by atomic mass is 32.2. The molecule has 0 radical (unpaired) electrons. The molecule has 5 heteroatoms. The van der Waals surface area contributed by atoms with E-state index < -0.39 is 0 Å². The molecule has 0 aromatic rings. The fourth-order valence-corrected chi connectivity index (χ4v) is 1.24. The quantitative estimate of drug-likeness (QED) is 0.335. The van der Waals surface area contributed by atoms with E-state index in [0.29, 0.717) is 18.3 Å². The molecule has 0 aromatic heterocycles. The van der Waals surface area contributed by atoms with E-state index in [9.17, 15) is 0 Å². The van der Waals surface area contributed by atoms with Gasteiger partial charge in [-0.3, -0.25) is 10.3 Å². The summed E-state index contributed by atoms with van der Waals surface area (Å²) in [6.07, 6.45) is 3.72. The van der Waals surface area contributed by atoms with Crippen LogP contribution in [0, 0.1) is 11.5 Å². The molecule has 80 valence electrons. The van der Waals surface area contributed by atoms with Gasteiger partial charge in [-0.25, -0.2) is 0 Å². The van der Waals surface area contributed by atoms with Gasteiger partial charge >= 0.3 is 0 Å². The summed E-state index contributed by atoms with van der Waals surface area (Å²) in [5.74, 6) is 0. The molecule has 0 saturated heterocycles. The molecular formula is C9H17N3OS. The lowest BCUT2D eigenvalue weighted by Gasteiger charge is -2.22. The standard InChI is InChI=1S/C9H17N3OS/c1-5-13-9(2,3)6-11-8(14-4)12-7-10/h5-6H2,1-4H3,(H,11,12). The third-order valence-electron chi connectivity index (χ3n) is 1.49. The monoisotopic (exact) mass is 215 g/mol. The Bertz CT molecular complexity index is 233. The summed E-state index contributed by atoms with van der Waals surface area (Å²) in [4.78, 5) is 4.24. The fraction of sp³-hybridized carbons (Fsp3) is 0.778. The first kappa shape index (κ1) is 13.3. The van der Waals surface area contributed by atoms with Crippen LogP contribution in [0.3, 0.4) is 0 Å². The van der Waals surface area contributed by atoms with Crippen molar-refractivity contribution in [1.29, 1.82) is 5.26 Å². The lowest BCUT2D eigenvalue weighted by atomic mass is 10.1. The zero-order valence-electron chi connectivity index (χ0n) is 9.13. The zero-order chi connectivity index (χ0) is 11.0. The minimum Gasteiger partial charge on any atom is -0.374 e. The van der Waals surface area contributed by atoms with E-state index in [2.05, 4.69) is 10.3 Å². The van der Waals surface area contributed by atoms with Gasteiger partial charge in [0.1, 0.15) is 0 Å². The Morgan fingerprint density at radius 2 is 2.29 bits per heavy atom. The van der Waals surface area contributed by atoms with Crippen LogP contribution in [0.2, 0.25) is 0 Å². The maximum Gasteiger partial charge on any atom is 0.183 e. The molecule has 0 fully saturated rings. The number of ether oxygens (including phenoxy) is 1. The first-order valence-electron chi connectivity index (χ1n) is 4.43. The number of nitrogens with zero attached hydrogens (tertiary/aromatic N) is 2. The summed E-state index contributed by atoms with van der Waals surface area (Å²) in [6.45, 7) is 7.12. The second-order valence-electron chi connectivity index (χ2n) is 3.26. The molecule has 0 amide bonds. The average molecular weight is 215 g/mol. The van der Waals surface area contributed by atoms with Crippen LogP contribution in [0.4, 0.5) is 0 Å². The Kier molecular flexibility index (Phi) is 6.34. The van der Waals surface area contributed by atoms with Crippen molar-refractivity contribution in [2.75, 3.05) is 19.4 Å². The van der Waals surface area contributed by atoms with Gasteiger partial charge in [-0.1, -0.05) is 11.8 Å². The zero-order valence-corrected chi connectivity index (χ0v) is 9.94. The second-order valence-corrected chi connectivity index (χ2v) is 4.05. The highest BCUT2D eigenvalue weighted by Gasteiger charge is 2.16. The van der Waals surface area contributed by atoms with Gasteiger partial charge in [0.25, 0.3) is 0 Å². The largest absolute Gasteiger partial charge is 0.374 e. The maximum atomic E-state index is 8.41. The molecule has 14 heavy (non-hydrogen) atoms. The van der Waals surface area contributed by atoms with E-state index >= 15 is 0 Å². The highest BCUT2D eigenvalue weighted by molar-refractivity contribution is 8.13. The number of nitrogens with one attached hydrogen (secondary N) is 1. The van der Waals surface area contributed by atoms with Crippen molar-refractivity contribution in [1.82, 2.24) is 5.32 Å². The van der Waals surface area contributed by atoms with E-state index in [1.807, 2.05) is 33.2 Å². The lowest BCUT2D eigenvalue weighted by Crippen LogP contribution is -2.29. The fourth-order valence-electron chi connectivity index (χ4n) is 0.902. The Hall–Kier alpha value is -0.730. The summed E-state index contributed by atoms with van der Waals surface area (Å²) in [5, 5.41) is 11.5. The minimum atomic E-state index is -0.271. The van der Waals surface area contributed by atoms with E-state index in [1.54, 1.807) is 0 Å². The molecule has 0 aliphatic carbocycles. The van der Waals surface area contributed by atoms with Crippen LogP contribution in [0.25, 0.3) is 0 Å². The first-order chi connectivity index (χ1) is 6.55. The summed E-state index contributed by atoms with van der Waals surface area (Å²) < 4.78 is 5.48. The topological polar surface area (TPSA) is 57.4 Å². The molecule has 0 aromatic carbocycles. The van der Waals surface area contributed by atoms with Crippen molar-refractivity contribution < 1.29 is 4.74 Å². The van der Waals surface area contributed by atoms with Crippen LogP contribution >= 0.6 is 11.8 Å². The number of amidine groups is 1. The molecule has 0 heterocycles. The normalized spacial score (nSPS) is 12.4. The molecule has 0 spiro atoms. The number of rotatable bonds is 4. The molecule has 0 aliphatic rings. The lowest BCUT2D eigenvalue weighted by molar-refractivity contribution is -0.00206. The van der Waals surface area contributed by atoms with Crippen molar-refractivity contribution >= 4 is 16.9 Å².